The number of anilines is 2. The number of nitrogens with one attached hydrogen (secondary N) is 1. The topological polar surface area (TPSA) is 37.8 Å². The van der Waals surface area contributed by atoms with Crippen LogP contribution < -0.4 is 5.32 Å². The van der Waals surface area contributed by atoms with Crippen LogP contribution in [0.15, 0.2) is 36.4 Å². The predicted octanol–water partition coefficient (Wildman–Crippen LogP) is 5.38. The highest BCUT2D eigenvalue weighted by Gasteiger charge is 2.12. The molecule has 3 nitrogen and oxygen atoms in total. The Morgan fingerprint density at radius 2 is 1.91 bits per heavy atom. The Morgan fingerprint density at radius 1 is 1.14 bits per heavy atom. The molecule has 0 spiro atoms. The van der Waals surface area contributed by atoms with Crippen molar-refractivity contribution >= 4 is 45.6 Å². The third-order valence-corrected chi connectivity index (χ3v) is 3.71. The van der Waals surface area contributed by atoms with E-state index in [9.17, 15) is 4.39 Å². The predicted molar refractivity (Wildman–Crippen MR) is 88.6 cm³/mol. The normalized spacial score (nSPS) is 10.9. The zero-order chi connectivity index (χ0) is 15.7. The van der Waals surface area contributed by atoms with Crippen molar-refractivity contribution < 1.29 is 4.39 Å². The minimum Gasteiger partial charge on any atom is -0.337 e. The van der Waals surface area contributed by atoms with Crippen LogP contribution >= 0.6 is 23.2 Å². The van der Waals surface area contributed by atoms with Crippen molar-refractivity contribution in [2.75, 3.05) is 5.32 Å². The van der Waals surface area contributed by atoms with Gasteiger partial charge in [0.25, 0.3) is 0 Å². The van der Waals surface area contributed by atoms with Gasteiger partial charge in [-0.3, -0.25) is 0 Å². The van der Waals surface area contributed by atoms with Gasteiger partial charge in [-0.1, -0.05) is 42.3 Å². The van der Waals surface area contributed by atoms with Crippen LogP contribution in [0, 0.1) is 5.82 Å². The van der Waals surface area contributed by atoms with E-state index < -0.39 is 0 Å². The van der Waals surface area contributed by atoms with Gasteiger partial charge >= 0.3 is 0 Å². The molecule has 1 N–H and O–H groups in total. The Bertz CT molecular complexity index is 852. The highest BCUT2D eigenvalue weighted by atomic mass is 35.5. The SMILES string of the molecule is CCc1nc(Nc2ccccc2F)c2cc(Cl)cc(Cl)c2n1. The van der Waals surface area contributed by atoms with E-state index in [0.717, 1.165) is 0 Å². The highest BCUT2D eigenvalue weighted by Crippen LogP contribution is 2.32. The second kappa shape index (κ2) is 6.07. The first-order valence-electron chi connectivity index (χ1n) is 6.75. The van der Waals surface area contributed by atoms with Crippen molar-refractivity contribution in [2.45, 2.75) is 13.3 Å². The molecular weight excluding hydrogens is 324 g/mol. The van der Waals surface area contributed by atoms with Crippen molar-refractivity contribution in [1.82, 2.24) is 9.97 Å². The molecule has 112 valence electrons. The molecule has 0 fully saturated rings. The van der Waals surface area contributed by atoms with E-state index in [2.05, 4.69) is 15.3 Å². The number of rotatable bonds is 3. The number of hydrogen-bond acceptors (Lipinski definition) is 3. The lowest BCUT2D eigenvalue weighted by molar-refractivity contribution is 0.632. The lowest BCUT2D eigenvalue weighted by Crippen LogP contribution is -2.02. The lowest BCUT2D eigenvalue weighted by atomic mass is 10.2. The van der Waals surface area contributed by atoms with E-state index in [4.69, 9.17) is 23.2 Å². The van der Waals surface area contributed by atoms with Crippen molar-refractivity contribution in [3.8, 4) is 0 Å². The number of nitrogens with zero attached hydrogens (tertiary/aromatic N) is 2. The van der Waals surface area contributed by atoms with Gasteiger partial charge in [0.1, 0.15) is 17.5 Å². The van der Waals surface area contributed by atoms with E-state index in [1.54, 1.807) is 30.3 Å². The van der Waals surface area contributed by atoms with Crippen LogP contribution in [-0.4, -0.2) is 9.97 Å². The number of hydrogen-bond donors (Lipinski definition) is 1. The molecule has 0 radical (unpaired) electrons. The number of aromatic nitrogens is 2. The average molecular weight is 336 g/mol. The molecule has 1 heterocycles. The molecule has 0 unspecified atom stereocenters. The molecule has 0 amide bonds. The summed E-state index contributed by atoms with van der Waals surface area (Å²) >= 11 is 12.3. The van der Waals surface area contributed by atoms with Gasteiger partial charge in [-0.05, 0) is 24.3 Å². The molecule has 0 atom stereocenters. The van der Waals surface area contributed by atoms with Crippen LogP contribution in [0.5, 0.6) is 0 Å². The van der Waals surface area contributed by atoms with Gasteiger partial charge < -0.3 is 5.32 Å². The molecule has 22 heavy (non-hydrogen) atoms. The molecule has 6 heteroatoms. The maximum Gasteiger partial charge on any atom is 0.146 e. The first-order chi connectivity index (χ1) is 10.6. The molecule has 0 bridgehead atoms. The van der Waals surface area contributed by atoms with Gasteiger partial charge in [-0.2, -0.15) is 0 Å². The molecule has 0 aliphatic carbocycles. The molecule has 2 aromatic carbocycles. The van der Waals surface area contributed by atoms with Crippen LogP contribution in [-0.2, 0) is 6.42 Å². The zero-order valence-corrected chi connectivity index (χ0v) is 13.2. The first-order valence-corrected chi connectivity index (χ1v) is 7.51. The van der Waals surface area contributed by atoms with Crippen LogP contribution in [0.2, 0.25) is 10.0 Å². The lowest BCUT2D eigenvalue weighted by Gasteiger charge is -2.12. The summed E-state index contributed by atoms with van der Waals surface area (Å²) in [6, 6.07) is 9.74. The van der Waals surface area contributed by atoms with Gasteiger partial charge in [-0.15, -0.1) is 0 Å². The smallest absolute Gasteiger partial charge is 0.146 e. The standard InChI is InChI=1S/C16H12Cl2FN3/c1-2-14-21-15-10(7-9(17)8-11(15)18)16(22-14)20-13-6-4-3-5-12(13)19/h3-8H,2H2,1H3,(H,20,21,22). The molecule has 0 saturated heterocycles. The summed E-state index contributed by atoms with van der Waals surface area (Å²) in [4.78, 5) is 8.86. The van der Waals surface area contributed by atoms with E-state index in [1.807, 2.05) is 6.92 Å². The maximum atomic E-state index is 13.9. The van der Waals surface area contributed by atoms with Crippen LogP contribution in [0.4, 0.5) is 15.9 Å². The van der Waals surface area contributed by atoms with Gasteiger partial charge in [0.2, 0.25) is 0 Å². The minimum atomic E-state index is -0.361. The van der Waals surface area contributed by atoms with Gasteiger partial charge in [-0.25, -0.2) is 14.4 Å². The first kappa shape index (κ1) is 15.0. The fourth-order valence-electron chi connectivity index (χ4n) is 2.15. The van der Waals surface area contributed by atoms with E-state index in [0.29, 0.717) is 44.7 Å². The van der Waals surface area contributed by atoms with Crippen molar-refractivity contribution in [3.05, 3.63) is 58.1 Å². The summed E-state index contributed by atoms with van der Waals surface area (Å²) in [5, 5.41) is 4.57. The summed E-state index contributed by atoms with van der Waals surface area (Å²) in [6.07, 6.45) is 0.640. The number of aryl methyl sites for hydroxylation is 1. The van der Waals surface area contributed by atoms with Crippen LogP contribution in [0.25, 0.3) is 10.9 Å². The Morgan fingerprint density at radius 3 is 2.64 bits per heavy atom. The fourth-order valence-corrected chi connectivity index (χ4v) is 2.68. The number of halogens is 3. The second-order valence-corrected chi connectivity index (χ2v) is 5.57. The number of para-hydroxylation sites is 1. The third kappa shape index (κ3) is 2.85. The zero-order valence-electron chi connectivity index (χ0n) is 11.7. The van der Waals surface area contributed by atoms with E-state index in [1.165, 1.54) is 6.07 Å². The molecule has 0 aliphatic heterocycles. The Hall–Kier alpha value is -1.91. The van der Waals surface area contributed by atoms with Crippen LogP contribution in [0.3, 0.4) is 0 Å². The summed E-state index contributed by atoms with van der Waals surface area (Å²) in [5.74, 6) is 0.743. The summed E-state index contributed by atoms with van der Waals surface area (Å²) < 4.78 is 13.9. The second-order valence-electron chi connectivity index (χ2n) is 4.73. The van der Waals surface area contributed by atoms with Gasteiger partial charge in [0.05, 0.1) is 16.2 Å². The minimum absolute atomic E-state index is 0.334. The maximum absolute atomic E-state index is 13.9. The van der Waals surface area contributed by atoms with Crippen LogP contribution in [0.1, 0.15) is 12.7 Å². The van der Waals surface area contributed by atoms with E-state index >= 15 is 0 Å². The number of benzene rings is 2. The summed E-state index contributed by atoms with van der Waals surface area (Å²) in [6.45, 7) is 1.94. The Labute approximate surface area is 137 Å². The van der Waals surface area contributed by atoms with Crippen molar-refractivity contribution in [3.63, 3.8) is 0 Å². The van der Waals surface area contributed by atoms with Gasteiger partial charge in [0, 0.05) is 16.8 Å². The average Bonchev–Trinajstić information content (AvgIpc) is 2.50. The summed E-state index contributed by atoms with van der Waals surface area (Å²) in [7, 11) is 0. The molecule has 0 saturated carbocycles. The van der Waals surface area contributed by atoms with Gasteiger partial charge in [0.15, 0.2) is 0 Å². The summed E-state index contributed by atoms with van der Waals surface area (Å²) in [5.41, 5.74) is 0.928. The third-order valence-electron chi connectivity index (χ3n) is 3.21. The molecule has 3 aromatic rings. The largest absolute Gasteiger partial charge is 0.337 e. The quantitative estimate of drug-likeness (QED) is 0.698. The monoisotopic (exact) mass is 335 g/mol. The van der Waals surface area contributed by atoms with E-state index in [-0.39, 0.29) is 5.82 Å². The highest BCUT2D eigenvalue weighted by molar-refractivity contribution is 6.38. The Kier molecular flexibility index (Phi) is 4.14. The van der Waals surface area contributed by atoms with Crippen molar-refractivity contribution in [2.24, 2.45) is 0 Å². The molecule has 1 aromatic heterocycles. The molecular formula is C16H12Cl2FN3. The molecule has 3 rings (SSSR count). The molecule has 0 aliphatic rings. The van der Waals surface area contributed by atoms with Crippen molar-refractivity contribution in [1.29, 1.82) is 0 Å². The number of fused-ring (bicyclic) bond motifs is 1. The fraction of sp³-hybridized carbons (Fsp3) is 0.125. The Balaban J connectivity index is 2.21.